The van der Waals surface area contributed by atoms with Crippen LogP contribution in [0.15, 0.2) is 23.1 Å². The van der Waals surface area contributed by atoms with Crippen molar-refractivity contribution in [1.82, 2.24) is 4.72 Å². The third-order valence-electron chi connectivity index (χ3n) is 2.96. The maximum absolute atomic E-state index is 12.4. The van der Waals surface area contributed by atoms with E-state index in [4.69, 9.17) is 5.11 Å². The van der Waals surface area contributed by atoms with Gasteiger partial charge in [0, 0.05) is 12.6 Å². The summed E-state index contributed by atoms with van der Waals surface area (Å²) in [5.41, 5.74) is 0.346. The molecule has 1 unspecified atom stereocenters. The van der Waals surface area contributed by atoms with Crippen molar-refractivity contribution in [2.24, 2.45) is 0 Å². The van der Waals surface area contributed by atoms with Gasteiger partial charge in [0.2, 0.25) is 10.0 Å². The first-order chi connectivity index (χ1) is 9.81. The lowest BCUT2D eigenvalue weighted by Gasteiger charge is -2.16. The fourth-order valence-electron chi connectivity index (χ4n) is 2.03. The molecule has 0 spiro atoms. The van der Waals surface area contributed by atoms with Crippen LogP contribution in [0.1, 0.15) is 44.0 Å². The Morgan fingerprint density at radius 1 is 1.33 bits per heavy atom. The van der Waals surface area contributed by atoms with Gasteiger partial charge in [-0.3, -0.25) is 0 Å². The zero-order chi connectivity index (χ0) is 16.0. The Hall–Kier alpha value is -1.60. The van der Waals surface area contributed by atoms with E-state index in [2.05, 4.69) is 10.0 Å². The number of hydrogen-bond donors (Lipinski definition) is 3. The van der Waals surface area contributed by atoms with Gasteiger partial charge >= 0.3 is 5.97 Å². The first kappa shape index (κ1) is 17.5. The molecule has 1 aromatic rings. The van der Waals surface area contributed by atoms with Crippen molar-refractivity contribution in [2.45, 2.75) is 44.6 Å². The summed E-state index contributed by atoms with van der Waals surface area (Å²) in [6, 6.07) is 3.84. The molecule has 3 N–H and O–H groups in total. The van der Waals surface area contributed by atoms with Crippen molar-refractivity contribution in [1.29, 1.82) is 0 Å². The summed E-state index contributed by atoms with van der Waals surface area (Å²) < 4.78 is 27.5. The molecule has 1 atom stereocenters. The smallest absolute Gasteiger partial charge is 0.335 e. The zero-order valence-electron chi connectivity index (χ0n) is 12.5. The van der Waals surface area contributed by atoms with Crippen molar-refractivity contribution in [3.05, 3.63) is 23.8 Å². The Balaban J connectivity index is 3.23. The minimum atomic E-state index is -3.77. The molecule has 0 saturated heterocycles. The van der Waals surface area contributed by atoms with Crippen LogP contribution in [-0.4, -0.2) is 32.1 Å². The molecule has 0 radical (unpaired) electrons. The number of sulfonamides is 1. The maximum atomic E-state index is 12.4. The van der Waals surface area contributed by atoms with Gasteiger partial charge in [0.1, 0.15) is 4.90 Å². The van der Waals surface area contributed by atoms with Gasteiger partial charge in [0.15, 0.2) is 0 Å². The van der Waals surface area contributed by atoms with E-state index in [1.807, 2.05) is 13.8 Å². The normalized spacial score (nSPS) is 12.9. The minimum Gasteiger partial charge on any atom is -0.478 e. The lowest BCUT2D eigenvalue weighted by molar-refractivity contribution is 0.0696. The second-order valence-electron chi connectivity index (χ2n) is 4.86. The van der Waals surface area contributed by atoms with Crippen molar-refractivity contribution in [2.75, 3.05) is 11.9 Å². The third-order valence-corrected chi connectivity index (χ3v) is 4.59. The van der Waals surface area contributed by atoms with E-state index in [1.165, 1.54) is 18.2 Å². The molecule has 7 heteroatoms. The first-order valence-electron chi connectivity index (χ1n) is 6.95. The molecule has 118 valence electrons. The second kappa shape index (κ2) is 7.42. The summed E-state index contributed by atoms with van der Waals surface area (Å²) in [4.78, 5) is 11.0. The number of rotatable bonds is 8. The molecular formula is C14H22N2O4S. The largest absolute Gasteiger partial charge is 0.478 e. The highest BCUT2D eigenvalue weighted by Crippen LogP contribution is 2.23. The van der Waals surface area contributed by atoms with Gasteiger partial charge in [-0.05, 0) is 38.5 Å². The lowest BCUT2D eigenvalue weighted by atomic mass is 10.2. The van der Waals surface area contributed by atoms with E-state index < -0.39 is 16.0 Å². The van der Waals surface area contributed by atoms with Crippen LogP contribution in [-0.2, 0) is 10.0 Å². The number of anilines is 1. The summed E-state index contributed by atoms with van der Waals surface area (Å²) in [7, 11) is -3.77. The van der Waals surface area contributed by atoms with E-state index in [0.717, 1.165) is 6.42 Å². The Labute approximate surface area is 125 Å². The summed E-state index contributed by atoms with van der Waals surface area (Å²) in [5.74, 6) is -1.16. The van der Waals surface area contributed by atoms with Crippen molar-refractivity contribution >= 4 is 21.7 Å². The molecule has 1 rings (SSSR count). The van der Waals surface area contributed by atoms with Gasteiger partial charge in [-0.1, -0.05) is 13.3 Å². The van der Waals surface area contributed by atoms with E-state index in [9.17, 15) is 13.2 Å². The number of nitrogens with one attached hydrogen (secondary N) is 2. The number of carboxylic acid groups (broad SMARTS) is 1. The molecule has 0 fully saturated rings. The fourth-order valence-corrected chi connectivity index (χ4v) is 3.52. The lowest BCUT2D eigenvalue weighted by Crippen LogP contribution is -2.33. The van der Waals surface area contributed by atoms with E-state index in [-0.39, 0.29) is 16.5 Å². The van der Waals surface area contributed by atoms with Gasteiger partial charge in [-0.15, -0.1) is 0 Å². The minimum absolute atomic E-state index is 0.0350. The highest BCUT2D eigenvalue weighted by atomic mass is 32.2. The molecule has 0 amide bonds. The summed E-state index contributed by atoms with van der Waals surface area (Å²) in [6.07, 6.45) is 1.58. The topological polar surface area (TPSA) is 95.5 Å². The molecule has 0 heterocycles. The fraction of sp³-hybridized carbons (Fsp3) is 0.500. The van der Waals surface area contributed by atoms with Crippen molar-refractivity contribution < 1.29 is 18.3 Å². The first-order valence-corrected chi connectivity index (χ1v) is 8.43. The average Bonchev–Trinajstić information content (AvgIpc) is 2.38. The quantitative estimate of drug-likeness (QED) is 0.684. The van der Waals surface area contributed by atoms with Crippen LogP contribution >= 0.6 is 0 Å². The van der Waals surface area contributed by atoms with Gasteiger partial charge in [0.25, 0.3) is 0 Å². The molecular weight excluding hydrogens is 292 g/mol. The number of hydrogen-bond acceptors (Lipinski definition) is 4. The third kappa shape index (κ3) is 4.71. The second-order valence-corrected chi connectivity index (χ2v) is 6.54. The summed E-state index contributed by atoms with van der Waals surface area (Å²) >= 11 is 0. The van der Waals surface area contributed by atoms with Crippen LogP contribution in [0, 0.1) is 0 Å². The molecule has 21 heavy (non-hydrogen) atoms. The van der Waals surface area contributed by atoms with E-state index in [0.29, 0.717) is 18.7 Å². The number of aromatic carboxylic acids is 1. The molecule has 0 aliphatic rings. The molecule has 6 nitrogen and oxygen atoms in total. The van der Waals surface area contributed by atoms with Gasteiger partial charge in [-0.25, -0.2) is 17.9 Å². The Morgan fingerprint density at radius 3 is 2.52 bits per heavy atom. The molecule has 0 aliphatic heterocycles. The van der Waals surface area contributed by atoms with E-state index in [1.54, 1.807) is 6.92 Å². The predicted molar refractivity (Wildman–Crippen MR) is 82.3 cm³/mol. The summed E-state index contributed by atoms with van der Waals surface area (Å²) in [6.45, 7) is 6.14. The highest BCUT2D eigenvalue weighted by molar-refractivity contribution is 7.89. The number of benzene rings is 1. The Bertz CT molecular complexity index is 599. The average molecular weight is 314 g/mol. The van der Waals surface area contributed by atoms with Crippen LogP contribution in [0.3, 0.4) is 0 Å². The van der Waals surface area contributed by atoms with Crippen LogP contribution in [0.4, 0.5) is 5.69 Å². The van der Waals surface area contributed by atoms with Crippen molar-refractivity contribution in [3.63, 3.8) is 0 Å². The Morgan fingerprint density at radius 2 is 2.00 bits per heavy atom. The monoisotopic (exact) mass is 314 g/mol. The molecule has 0 aliphatic carbocycles. The van der Waals surface area contributed by atoms with Crippen LogP contribution < -0.4 is 10.0 Å². The Kier molecular flexibility index (Phi) is 6.17. The summed E-state index contributed by atoms with van der Waals surface area (Å²) in [5, 5.41) is 12.0. The van der Waals surface area contributed by atoms with E-state index >= 15 is 0 Å². The van der Waals surface area contributed by atoms with Crippen LogP contribution in [0.25, 0.3) is 0 Å². The zero-order valence-corrected chi connectivity index (χ0v) is 13.3. The molecule has 0 saturated carbocycles. The SMILES string of the molecule is CCCC(C)NS(=O)(=O)c1cc(C(=O)O)ccc1NCC. The van der Waals surface area contributed by atoms with Gasteiger partial charge in [0.05, 0.1) is 11.3 Å². The number of carbonyl (C=O) groups is 1. The van der Waals surface area contributed by atoms with Gasteiger partial charge < -0.3 is 10.4 Å². The van der Waals surface area contributed by atoms with Crippen molar-refractivity contribution in [3.8, 4) is 0 Å². The molecule has 1 aromatic carbocycles. The van der Waals surface area contributed by atoms with Gasteiger partial charge in [-0.2, -0.15) is 0 Å². The molecule has 0 bridgehead atoms. The maximum Gasteiger partial charge on any atom is 0.335 e. The predicted octanol–water partition coefficient (Wildman–Crippen LogP) is 2.28. The highest BCUT2D eigenvalue weighted by Gasteiger charge is 2.22. The van der Waals surface area contributed by atoms with Crippen LogP contribution in [0.5, 0.6) is 0 Å². The standard InChI is InChI=1S/C14H22N2O4S/c1-4-6-10(3)16-21(19,20)13-9-11(14(17)18)7-8-12(13)15-5-2/h7-10,15-16H,4-6H2,1-3H3,(H,17,18). The number of carboxylic acids is 1. The van der Waals surface area contributed by atoms with Crippen LogP contribution in [0.2, 0.25) is 0 Å². The molecule has 0 aromatic heterocycles.